The first-order valence-electron chi connectivity index (χ1n) is 10.2. The van der Waals surface area contributed by atoms with Crippen LogP contribution in [0.3, 0.4) is 0 Å². The Morgan fingerprint density at radius 3 is 2.56 bits per heavy atom. The molecule has 0 spiro atoms. The van der Waals surface area contributed by atoms with Crippen molar-refractivity contribution >= 4 is 44.8 Å². The number of nitrogens with zero attached hydrogens (tertiary/aromatic N) is 3. The summed E-state index contributed by atoms with van der Waals surface area (Å²) in [4.78, 5) is 27.8. The van der Waals surface area contributed by atoms with Crippen LogP contribution in [0.5, 0.6) is 0 Å². The Balaban J connectivity index is 1.86. The van der Waals surface area contributed by atoms with Crippen LogP contribution in [0.2, 0.25) is 10.0 Å². The number of aromatic nitrogens is 3. The molecule has 0 aliphatic heterocycles. The molecule has 0 saturated carbocycles. The molecule has 2 aromatic heterocycles. The topological polar surface area (TPSA) is 123 Å². The van der Waals surface area contributed by atoms with Crippen LogP contribution < -0.4 is 15.6 Å². The maximum atomic E-state index is 13.6. The van der Waals surface area contributed by atoms with Gasteiger partial charge in [-0.1, -0.05) is 29.3 Å². The van der Waals surface area contributed by atoms with Crippen molar-refractivity contribution in [2.45, 2.75) is 30.5 Å². The Hall–Kier alpha value is -3.00. The predicted molar refractivity (Wildman–Crippen MR) is 126 cm³/mol. The van der Waals surface area contributed by atoms with Crippen molar-refractivity contribution in [3.8, 4) is 0 Å². The molecular formula is C21H18Cl2F3N5O4S. The molecule has 0 aliphatic carbocycles. The summed E-state index contributed by atoms with van der Waals surface area (Å²) in [5.41, 5.74) is -1.99. The molecule has 0 radical (unpaired) electrons. The summed E-state index contributed by atoms with van der Waals surface area (Å²) in [6.07, 6.45) is -2.30. The zero-order valence-corrected chi connectivity index (χ0v) is 20.7. The molecule has 192 valence electrons. The number of pyridine rings is 1. The Labute approximate surface area is 213 Å². The third kappa shape index (κ3) is 6.40. The van der Waals surface area contributed by atoms with E-state index >= 15 is 0 Å². The number of carbonyl (C=O) groups is 1. The second-order valence-corrected chi connectivity index (χ2v) is 9.92. The molecule has 9 nitrogen and oxygen atoms in total. The number of rotatable bonds is 8. The van der Waals surface area contributed by atoms with E-state index < -0.39 is 44.2 Å². The van der Waals surface area contributed by atoms with Crippen LogP contribution in [0.15, 0.2) is 58.5 Å². The summed E-state index contributed by atoms with van der Waals surface area (Å²) in [5, 5.41) is 5.52. The van der Waals surface area contributed by atoms with Gasteiger partial charge in [-0.2, -0.15) is 18.3 Å². The molecule has 36 heavy (non-hydrogen) atoms. The molecule has 2 N–H and O–H groups in total. The van der Waals surface area contributed by atoms with E-state index in [0.29, 0.717) is 17.8 Å². The highest BCUT2D eigenvalue weighted by molar-refractivity contribution is 7.89. The first-order valence-corrected chi connectivity index (χ1v) is 12.4. The Kier molecular flexibility index (Phi) is 8.39. The molecular weight excluding hydrogens is 546 g/mol. The number of benzene rings is 1. The maximum Gasteiger partial charge on any atom is 0.417 e. The SMILES string of the molecule is C[C@@H](C(=O)Nc1ccc(C(F)(F)F)c(S(=O)(=O)NCCc2ccccn2)c1)n1ncc(Cl)c(Cl)c1=O. The van der Waals surface area contributed by atoms with Gasteiger partial charge in [0.2, 0.25) is 15.9 Å². The molecule has 15 heteroatoms. The van der Waals surface area contributed by atoms with Gasteiger partial charge in [-0.15, -0.1) is 0 Å². The first kappa shape index (κ1) is 27.6. The number of halogens is 5. The number of carbonyl (C=O) groups excluding carboxylic acids is 1. The number of hydrogen-bond acceptors (Lipinski definition) is 6. The zero-order valence-electron chi connectivity index (χ0n) is 18.4. The lowest BCUT2D eigenvalue weighted by Crippen LogP contribution is -2.33. The molecule has 0 saturated heterocycles. The lowest BCUT2D eigenvalue weighted by molar-refractivity contribution is -0.139. The molecule has 1 atom stereocenters. The third-order valence-corrected chi connectivity index (χ3v) is 7.14. The van der Waals surface area contributed by atoms with E-state index in [0.717, 1.165) is 16.9 Å². The van der Waals surface area contributed by atoms with Gasteiger partial charge in [0, 0.05) is 30.5 Å². The van der Waals surface area contributed by atoms with Crippen molar-refractivity contribution in [3.63, 3.8) is 0 Å². The quantitative estimate of drug-likeness (QED) is 0.431. The van der Waals surface area contributed by atoms with Gasteiger partial charge in [-0.25, -0.2) is 17.8 Å². The summed E-state index contributed by atoms with van der Waals surface area (Å²) in [7, 11) is -4.64. The number of nitrogens with one attached hydrogen (secondary N) is 2. The largest absolute Gasteiger partial charge is 0.417 e. The molecule has 1 aromatic carbocycles. The van der Waals surface area contributed by atoms with Gasteiger partial charge in [0.05, 0.1) is 21.7 Å². The zero-order chi connectivity index (χ0) is 26.7. The minimum atomic E-state index is -4.99. The molecule has 3 aromatic rings. The van der Waals surface area contributed by atoms with Crippen LogP contribution in [0.1, 0.15) is 24.2 Å². The van der Waals surface area contributed by atoms with E-state index in [4.69, 9.17) is 23.2 Å². The number of anilines is 1. The molecule has 3 rings (SSSR count). The van der Waals surface area contributed by atoms with Gasteiger partial charge in [0.15, 0.2) is 0 Å². The van der Waals surface area contributed by atoms with Crippen molar-refractivity contribution in [1.29, 1.82) is 0 Å². The fourth-order valence-electron chi connectivity index (χ4n) is 3.05. The summed E-state index contributed by atoms with van der Waals surface area (Å²) in [5.74, 6) is -0.866. The monoisotopic (exact) mass is 563 g/mol. The first-order chi connectivity index (χ1) is 16.8. The second-order valence-electron chi connectivity index (χ2n) is 7.40. The standard InChI is InChI=1S/C21H18Cl2F3N5O4S/c1-12(31-20(33)18(23)16(22)11-28-31)19(32)30-14-5-6-15(21(24,25)26)17(10-14)36(34,35)29-9-7-13-4-2-3-8-27-13/h2-6,8,10-12,29H,7,9H2,1H3,(H,30,32)/t12-/m0/s1. The van der Waals surface area contributed by atoms with Crippen LogP contribution in [0.4, 0.5) is 18.9 Å². The summed E-state index contributed by atoms with van der Waals surface area (Å²) in [6.45, 7) is 1.07. The van der Waals surface area contributed by atoms with E-state index in [-0.39, 0.29) is 28.7 Å². The van der Waals surface area contributed by atoms with Gasteiger partial charge in [-0.05, 0) is 37.3 Å². The third-order valence-electron chi connectivity index (χ3n) is 4.89. The van der Waals surface area contributed by atoms with E-state index in [9.17, 15) is 31.2 Å². The highest BCUT2D eigenvalue weighted by Crippen LogP contribution is 2.35. The Morgan fingerprint density at radius 1 is 1.19 bits per heavy atom. The number of hydrogen-bond donors (Lipinski definition) is 2. The Bertz CT molecular complexity index is 1430. The molecule has 0 unspecified atom stereocenters. The van der Waals surface area contributed by atoms with Crippen LogP contribution >= 0.6 is 23.2 Å². The van der Waals surface area contributed by atoms with Gasteiger partial charge in [0.25, 0.3) is 5.56 Å². The molecule has 1 amide bonds. The van der Waals surface area contributed by atoms with Gasteiger partial charge >= 0.3 is 6.18 Å². The smallest absolute Gasteiger partial charge is 0.324 e. The van der Waals surface area contributed by atoms with E-state index in [2.05, 4.69) is 20.1 Å². The van der Waals surface area contributed by atoms with Gasteiger partial charge < -0.3 is 5.32 Å². The molecule has 0 aliphatic rings. The number of sulfonamides is 1. The molecule has 0 fully saturated rings. The highest BCUT2D eigenvalue weighted by Gasteiger charge is 2.37. The molecule has 2 heterocycles. The normalized spacial score (nSPS) is 12.8. The highest BCUT2D eigenvalue weighted by atomic mass is 35.5. The molecule has 0 bridgehead atoms. The Morgan fingerprint density at radius 2 is 1.92 bits per heavy atom. The van der Waals surface area contributed by atoms with Crippen LogP contribution in [0, 0.1) is 0 Å². The van der Waals surface area contributed by atoms with Gasteiger partial charge in [-0.3, -0.25) is 14.6 Å². The lowest BCUT2D eigenvalue weighted by atomic mass is 10.2. The van der Waals surface area contributed by atoms with Crippen LogP contribution in [-0.4, -0.2) is 35.6 Å². The fourth-order valence-corrected chi connectivity index (χ4v) is 4.59. The summed E-state index contributed by atoms with van der Waals surface area (Å²) < 4.78 is 69.1. The summed E-state index contributed by atoms with van der Waals surface area (Å²) in [6, 6.07) is 5.85. The fraction of sp³-hybridized carbons (Fsp3) is 0.238. The van der Waals surface area contributed by atoms with Gasteiger partial charge in [0.1, 0.15) is 11.1 Å². The van der Waals surface area contributed by atoms with Crippen molar-refractivity contribution in [3.05, 3.63) is 80.4 Å². The van der Waals surface area contributed by atoms with Crippen molar-refractivity contribution in [2.24, 2.45) is 0 Å². The van der Waals surface area contributed by atoms with Crippen molar-refractivity contribution in [2.75, 3.05) is 11.9 Å². The number of alkyl halides is 3. The van der Waals surface area contributed by atoms with Crippen LogP contribution in [-0.2, 0) is 27.4 Å². The van der Waals surface area contributed by atoms with E-state index in [1.807, 2.05) is 0 Å². The lowest BCUT2D eigenvalue weighted by Gasteiger charge is -2.17. The van der Waals surface area contributed by atoms with Crippen molar-refractivity contribution < 1.29 is 26.4 Å². The van der Waals surface area contributed by atoms with Crippen molar-refractivity contribution in [1.82, 2.24) is 19.5 Å². The maximum absolute atomic E-state index is 13.6. The predicted octanol–water partition coefficient (Wildman–Crippen LogP) is 3.68. The summed E-state index contributed by atoms with van der Waals surface area (Å²) >= 11 is 11.5. The average Bonchev–Trinajstić information content (AvgIpc) is 2.82. The second kappa shape index (κ2) is 10.9. The van der Waals surface area contributed by atoms with Crippen LogP contribution in [0.25, 0.3) is 0 Å². The van der Waals surface area contributed by atoms with E-state index in [1.165, 1.54) is 13.1 Å². The minimum Gasteiger partial charge on any atom is -0.324 e. The average molecular weight is 564 g/mol. The van der Waals surface area contributed by atoms with E-state index in [1.54, 1.807) is 18.2 Å². The minimum absolute atomic E-state index is 0.126. The number of amides is 1.